The highest BCUT2D eigenvalue weighted by molar-refractivity contribution is 5.84. The Kier molecular flexibility index (Phi) is 6.44. The van der Waals surface area contributed by atoms with Crippen molar-refractivity contribution >= 4 is 5.91 Å². The lowest BCUT2D eigenvalue weighted by Gasteiger charge is -2.29. The molecule has 7 heteroatoms. The molecule has 86 valence electrons. The fraction of sp³-hybridized carbons (Fsp3) is 0.875. The van der Waals surface area contributed by atoms with Crippen LogP contribution in [0.25, 0.3) is 10.4 Å². The van der Waals surface area contributed by atoms with Gasteiger partial charge < -0.3 is 15.8 Å². The van der Waals surface area contributed by atoms with Gasteiger partial charge >= 0.3 is 0 Å². The van der Waals surface area contributed by atoms with E-state index in [0.29, 0.717) is 13.0 Å². The summed E-state index contributed by atoms with van der Waals surface area (Å²) in [6.07, 6.45) is 0.520. The molecular formula is C8H17N5O2. The third kappa shape index (κ3) is 4.16. The highest BCUT2D eigenvalue weighted by atomic mass is 16.5. The van der Waals surface area contributed by atoms with E-state index in [0.717, 1.165) is 0 Å². The first-order valence-corrected chi connectivity index (χ1v) is 4.67. The normalized spacial score (nSPS) is 14.0. The topological polar surface area (TPSA) is 113 Å². The third-order valence-electron chi connectivity index (χ3n) is 2.20. The van der Waals surface area contributed by atoms with Crippen molar-refractivity contribution in [3.8, 4) is 0 Å². The molecule has 15 heavy (non-hydrogen) atoms. The Morgan fingerprint density at radius 2 is 2.40 bits per heavy atom. The van der Waals surface area contributed by atoms with Gasteiger partial charge in [0.1, 0.15) is 5.54 Å². The van der Waals surface area contributed by atoms with Crippen LogP contribution in [0.2, 0.25) is 0 Å². The van der Waals surface area contributed by atoms with E-state index in [1.165, 1.54) is 7.11 Å². The van der Waals surface area contributed by atoms with E-state index < -0.39 is 11.4 Å². The Hall–Kier alpha value is -1.30. The average molecular weight is 215 g/mol. The Balaban J connectivity index is 4.34. The van der Waals surface area contributed by atoms with Gasteiger partial charge in [0, 0.05) is 25.1 Å². The maximum atomic E-state index is 11.3. The number of primary amides is 1. The number of hydrogen-bond acceptors (Lipinski definition) is 4. The molecule has 0 saturated carbocycles. The quantitative estimate of drug-likeness (QED) is 0.260. The number of carbonyl (C=O) groups is 1. The van der Waals surface area contributed by atoms with Crippen molar-refractivity contribution in [3.63, 3.8) is 0 Å². The van der Waals surface area contributed by atoms with Crippen LogP contribution in [0.5, 0.6) is 0 Å². The van der Waals surface area contributed by atoms with Crippen LogP contribution < -0.4 is 11.1 Å². The molecule has 0 aliphatic rings. The van der Waals surface area contributed by atoms with Crippen LogP contribution in [0.15, 0.2) is 5.11 Å². The summed E-state index contributed by atoms with van der Waals surface area (Å²) in [6.45, 7) is 2.71. The first-order chi connectivity index (χ1) is 7.13. The summed E-state index contributed by atoms with van der Waals surface area (Å²) >= 11 is 0. The standard InChI is InChI=1S/C8H17N5O2/c1-3-8(6-15-2,7(9)14)11-4-5-12-13-10/h11H,3-6H2,1-2H3,(H2,9,14). The van der Waals surface area contributed by atoms with Crippen molar-refractivity contribution < 1.29 is 9.53 Å². The SMILES string of the molecule is CCC(COC)(NCCN=[N+]=[N-])C(N)=O. The maximum Gasteiger partial charge on any atom is 0.240 e. The van der Waals surface area contributed by atoms with Gasteiger partial charge in [-0.25, -0.2) is 0 Å². The van der Waals surface area contributed by atoms with Gasteiger partial charge in [0.05, 0.1) is 6.61 Å². The second-order valence-electron chi connectivity index (χ2n) is 3.11. The van der Waals surface area contributed by atoms with Gasteiger partial charge in [0.25, 0.3) is 0 Å². The van der Waals surface area contributed by atoms with Crippen molar-refractivity contribution in [2.45, 2.75) is 18.9 Å². The lowest BCUT2D eigenvalue weighted by Crippen LogP contribution is -2.58. The van der Waals surface area contributed by atoms with Crippen LogP contribution in [-0.4, -0.2) is 38.3 Å². The Labute approximate surface area is 88.6 Å². The van der Waals surface area contributed by atoms with E-state index in [2.05, 4.69) is 15.3 Å². The first kappa shape index (κ1) is 13.7. The maximum absolute atomic E-state index is 11.3. The minimum Gasteiger partial charge on any atom is -0.382 e. The predicted molar refractivity (Wildman–Crippen MR) is 56.1 cm³/mol. The van der Waals surface area contributed by atoms with Gasteiger partial charge in [-0.05, 0) is 12.0 Å². The predicted octanol–water partition coefficient (Wildman–Crippen LogP) is 0.167. The molecule has 0 heterocycles. The van der Waals surface area contributed by atoms with E-state index in [1.54, 1.807) is 0 Å². The minimum atomic E-state index is -0.875. The average Bonchev–Trinajstić information content (AvgIpc) is 2.22. The molecule has 7 nitrogen and oxygen atoms in total. The zero-order valence-electron chi connectivity index (χ0n) is 9.06. The van der Waals surface area contributed by atoms with Crippen molar-refractivity contribution in [3.05, 3.63) is 10.4 Å². The third-order valence-corrected chi connectivity index (χ3v) is 2.20. The smallest absolute Gasteiger partial charge is 0.240 e. The van der Waals surface area contributed by atoms with Gasteiger partial charge in [-0.3, -0.25) is 4.79 Å². The molecule has 3 N–H and O–H groups in total. The van der Waals surface area contributed by atoms with E-state index in [1.807, 2.05) is 6.92 Å². The summed E-state index contributed by atoms with van der Waals surface area (Å²) in [7, 11) is 1.50. The molecule has 0 radical (unpaired) electrons. The van der Waals surface area contributed by atoms with E-state index >= 15 is 0 Å². The van der Waals surface area contributed by atoms with E-state index in [9.17, 15) is 4.79 Å². The largest absolute Gasteiger partial charge is 0.382 e. The van der Waals surface area contributed by atoms with Crippen molar-refractivity contribution in [2.75, 3.05) is 26.8 Å². The fourth-order valence-corrected chi connectivity index (χ4v) is 1.25. The number of nitrogens with two attached hydrogens (primary N) is 1. The number of carbonyl (C=O) groups excluding carboxylic acids is 1. The molecule has 0 aliphatic carbocycles. The number of nitrogens with zero attached hydrogens (tertiary/aromatic N) is 3. The number of methoxy groups -OCH3 is 1. The molecule has 0 bridgehead atoms. The van der Waals surface area contributed by atoms with Crippen LogP contribution >= 0.6 is 0 Å². The van der Waals surface area contributed by atoms with Crippen LogP contribution in [0.1, 0.15) is 13.3 Å². The zero-order valence-corrected chi connectivity index (χ0v) is 9.06. The molecule has 0 aliphatic heterocycles. The van der Waals surface area contributed by atoms with Gasteiger partial charge in [-0.2, -0.15) is 0 Å². The molecule has 1 atom stereocenters. The van der Waals surface area contributed by atoms with E-state index in [-0.39, 0.29) is 13.2 Å². The first-order valence-electron chi connectivity index (χ1n) is 4.67. The lowest BCUT2D eigenvalue weighted by atomic mass is 9.96. The molecule has 0 spiro atoms. The van der Waals surface area contributed by atoms with Gasteiger partial charge in [0.2, 0.25) is 5.91 Å². The molecule has 0 aromatic rings. The fourth-order valence-electron chi connectivity index (χ4n) is 1.25. The molecule has 0 saturated heterocycles. The van der Waals surface area contributed by atoms with Crippen LogP contribution in [-0.2, 0) is 9.53 Å². The zero-order chi connectivity index (χ0) is 11.7. The van der Waals surface area contributed by atoms with Crippen molar-refractivity contribution in [1.82, 2.24) is 5.32 Å². The number of amides is 1. The number of ether oxygens (including phenoxy) is 1. The molecule has 1 unspecified atom stereocenters. The molecule has 0 aromatic carbocycles. The summed E-state index contributed by atoms with van der Waals surface area (Å²) in [5.74, 6) is -0.465. The number of nitrogens with one attached hydrogen (secondary N) is 1. The minimum absolute atomic E-state index is 0.203. The summed E-state index contributed by atoms with van der Waals surface area (Å²) in [5, 5.41) is 6.31. The highest BCUT2D eigenvalue weighted by Gasteiger charge is 2.33. The van der Waals surface area contributed by atoms with Crippen molar-refractivity contribution in [1.29, 1.82) is 0 Å². The molecule has 0 aromatic heterocycles. The lowest BCUT2D eigenvalue weighted by molar-refractivity contribution is -0.126. The summed E-state index contributed by atoms with van der Waals surface area (Å²) < 4.78 is 4.95. The molecule has 1 amide bonds. The van der Waals surface area contributed by atoms with Crippen LogP contribution in [0, 0.1) is 0 Å². The number of hydrogen-bond donors (Lipinski definition) is 2. The second kappa shape index (κ2) is 7.05. The Morgan fingerprint density at radius 1 is 1.73 bits per heavy atom. The Morgan fingerprint density at radius 3 is 2.80 bits per heavy atom. The summed E-state index contributed by atoms with van der Waals surface area (Å²) in [4.78, 5) is 13.9. The molecule has 0 rings (SSSR count). The number of rotatable bonds is 8. The monoisotopic (exact) mass is 215 g/mol. The van der Waals surface area contributed by atoms with Gasteiger partial charge in [-0.1, -0.05) is 12.0 Å². The van der Waals surface area contributed by atoms with E-state index in [4.69, 9.17) is 16.0 Å². The molecular weight excluding hydrogens is 198 g/mol. The van der Waals surface area contributed by atoms with Gasteiger partial charge in [-0.15, -0.1) is 0 Å². The number of azide groups is 1. The summed E-state index contributed by atoms with van der Waals surface area (Å²) in [5.41, 5.74) is 12.5. The highest BCUT2D eigenvalue weighted by Crippen LogP contribution is 2.09. The van der Waals surface area contributed by atoms with Crippen molar-refractivity contribution in [2.24, 2.45) is 10.8 Å². The molecule has 0 fully saturated rings. The summed E-state index contributed by atoms with van der Waals surface area (Å²) in [6, 6.07) is 0. The van der Waals surface area contributed by atoms with Gasteiger partial charge in [0.15, 0.2) is 0 Å². The Bertz CT molecular complexity index is 251. The second-order valence-corrected chi connectivity index (χ2v) is 3.11. The van der Waals surface area contributed by atoms with Crippen LogP contribution in [0.3, 0.4) is 0 Å². The van der Waals surface area contributed by atoms with Crippen LogP contribution in [0.4, 0.5) is 0 Å².